The highest BCUT2D eigenvalue weighted by Crippen LogP contribution is 2.30. The van der Waals surface area contributed by atoms with Gasteiger partial charge in [-0.25, -0.2) is 0 Å². The molecule has 0 saturated carbocycles. The number of rotatable bonds is 7. The minimum atomic E-state index is -1.20. The van der Waals surface area contributed by atoms with Crippen molar-refractivity contribution in [3.63, 3.8) is 0 Å². The maximum atomic E-state index is 12.3. The zero-order valence-corrected chi connectivity index (χ0v) is 14.8. The lowest BCUT2D eigenvalue weighted by atomic mass is 10.2. The van der Waals surface area contributed by atoms with Crippen LogP contribution >= 0.6 is 0 Å². The highest BCUT2D eigenvalue weighted by atomic mass is 32.2. The molecule has 0 spiro atoms. The van der Waals surface area contributed by atoms with Crippen molar-refractivity contribution in [1.82, 2.24) is 0 Å². The van der Waals surface area contributed by atoms with E-state index in [1.54, 1.807) is 44.9 Å². The largest absolute Gasteiger partial charge is 0.496 e. The summed E-state index contributed by atoms with van der Waals surface area (Å²) in [5.74, 6) is 2.30. The Morgan fingerprint density at radius 1 is 1.00 bits per heavy atom. The first kappa shape index (κ1) is 17.9. The van der Waals surface area contributed by atoms with Crippen molar-refractivity contribution in [3.8, 4) is 17.2 Å². The summed E-state index contributed by atoms with van der Waals surface area (Å²) in [7, 11) is 3.54. The van der Waals surface area contributed by atoms with E-state index in [0.717, 1.165) is 11.1 Å². The van der Waals surface area contributed by atoms with E-state index in [4.69, 9.17) is 19.9 Å². The van der Waals surface area contributed by atoms with Gasteiger partial charge >= 0.3 is 0 Å². The average Bonchev–Trinajstić information content (AvgIpc) is 2.59. The molecule has 6 heteroatoms. The SMILES string of the molecule is COc1ccc(CS(=O)/C=C/c2c(OC)cccc2OC)cc1N. The van der Waals surface area contributed by atoms with E-state index in [9.17, 15) is 4.21 Å². The minimum absolute atomic E-state index is 0.363. The molecule has 0 fully saturated rings. The summed E-state index contributed by atoms with van der Waals surface area (Å²) >= 11 is 0. The smallest absolute Gasteiger partial charge is 0.141 e. The number of anilines is 1. The standard InChI is InChI=1S/C18H21NO4S/c1-21-16-5-4-6-17(22-2)14(16)9-10-24(20)12-13-7-8-18(23-3)15(19)11-13/h4-11H,12,19H2,1-3H3/b10-9+. The third kappa shape index (κ3) is 4.29. The van der Waals surface area contributed by atoms with Gasteiger partial charge in [0.2, 0.25) is 0 Å². The van der Waals surface area contributed by atoms with Crippen molar-refractivity contribution >= 4 is 22.6 Å². The van der Waals surface area contributed by atoms with Crippen LogP contribution in [0.5, 0.6) is 17.2 Å². The van der Waals surface area contributed by atoms with Gasteiger partial charge in [0.15, 0.2) is 0 Å². The van der Waals surface area contributed by atoms with Gasteiger partial charge in [-0.2, -0.15) is 0 Å². The van der Waals surface area contributed by atoms with Crippen molar-refractivity contribution in [1.29, 1.82) is 0 Å². The van der Waals surface area contributed by atoms with Crippen LogP contribution in [0.3, 0.4) is 0 Å². The van der Waals surface area contributed by atoms with Gasteiger partial charge in [-0.05, 0) is 35.9 Å². The van der Waals surface area contributed by atoms with E-state index in [2.05, 4.69) is 0 Å². The molecule has 0 amide bonds. The van der Waals surface area contributed by atoms with Crippen molar-refractivity contribution in [2.75, 3.05) is 27.1 Å². The van der Waals surface area contributed by atoms with E-state index in [1.165, 1.54) is 0 Å². The number of benzene rings is 2. The Hall–Kier alpha value is -2.47. The molecule has 2 aromatic rings. The molecule has 0 heterocycles. The summed E-state index contributed by atoms with van der Waals surface area (Å²) in [6.07, 6.45) is 1.75. The predicted molar refractivity (Wildman–Crippen MR) is 97.8 cm³/mol. The Kier molecular flexibility index (Phi) is 6.26. The van der Waals surface area contributed by atoms with Gasteiger partial charge in [0.1, 0.15) is 17.2 Å². The molecule has 0 bridgehead atoms. The van der Waals surface area contributed by atoms with E-state index in [-0.39, 0.29) is 0 Å². The molecule has 0 aliphatic rings. The molecule has 24 heavy (non-hydrogen) atoms. The lowest BCUT2D eigenvalue weighted by Crippen LogP contribution is -1.97. The minimum Gasteiger partial charge on any atom is -0.496 e. The summed E-state index contributed by atoms with van der Waals surface area (Å²) < 4.78 is 28.1. The maximum absolute atomic E-state index is 12.3. The molecule has 0 aliphatic heterocycles. The van der Waals surface area contributed by atoms with Crippen LogP contribution in [0.15, 0.2) is 41.8 Å². The molecule has 2 aromatic carbocycles. The lowest BCUT2D eigenvalue weighted by Gasteiger charge is -2.09. The third-order valence-electron chi connectivity index (χ3n) is 3.46. The fourth-order valence-corrected chi connectivity index (χ4v) is 3.17. The summed E-state index contributed by atoms with van der Waals surface area (Å²) in [5, 5.41) is 1.63. The van der Waals surface area contributed by atoms with E-state index in [0.29, 0.717) is 28.7 Å². The number of methoxy groups -OCH3 is 3. The first-order valence-corrected chi connectivity index (χ1v) is 8.66. The molecule has 0 saturated heterocycles. The van der Waals surface area contributed by atoms with E-state index >= 15 is 0 Å². The van der Waals surface area contributed by atoms with Crippen LogP contribution in [0.25, 0.3) is 6.08 Å². The Morgan fingerprint density at radius 3 is 2.17 bits per heavy atom. The number of nitrogen functional groups attached to an aromatic ring is 1. The van der Waals surface area contributed by atoms with Crippen LogP contribution in [0.4, 0.5) is 5.69 Å². The monoisotopic (exact) mass is 347 g/mol. The third-order valence-corrected chi connectivity index (χ3v) is 4.51. The van der Waals surface area contributed by atoms with Gasteiger partial charge in [-0.15, -0.1) is 0 Å². The predicted octanol–water partition coefficient (Wildman–Crippen LogP) is 3.21. The molecule has 0 aliphatic carbocycles. The second-order valence-corrected chi connectivity index (χ2v) is 6.30. The number of hydrogen-bond donors (Lipinski definition) is 1. The molecule has 1 atom stereocenters. The van der Waals surface area contributed by atoms with Gasteiger partial charge in [0, 0.05) is 5.41 Å². The summed E-state index contributed by atoms with van der Waals surface area (Å²) in [4.78, 5) is 0. The molecule has 0 aromatic heterocycles. The molecular weight excluding hydrogens is 326 g/mol. The summed E-state index contributed by atoms with van der Waals surface area (Å²) in [6.45, 7) is 0. The molecule has 2 N–H and O–H groups in total. The molecule has 0 radical (unpaired) electrons. The van der Waals surface area contributed by atoms with Crippen LogP contribution in [-0.4, -0.2) is 25.5 Å². The first-order valence-electron chi connectivity index (χ1n) is 7.27. The van der Waals surface area contributed by atoms with Gasteiger partial charge < -0.3 is 19.9 Å². The Bertz CT molecular complexity index is 736. The highest BCUT2D eigenvalue weighted by molar-refractivity contribution is 7.87. The van der Waals surface area contributed by atoms with Crippen LogP contribution in [0.2, 0.25) is 0 Å². The topological polar surface area (TPSA) is 70.8 Å². The fourth-order valence-electron chi connectivity index (χ4n) is 2.27. The van der Waals surface area contributed by atoms with Crippen molar-refractivity contribution < 1.29 is 18.4 Å². The molecule has 5 nitrogen and oxygen atoms in total. The zero-order valence-electron chi connectivity index (χ0n) is 13.9. The van der Waals surface area contributed by atoms with Crippen molar-refractivity contribution in [2.45, 2.75) is 5.75 Å². The van der Waals surface area contributed by atoms with Gasteiger partial charge in [-0.1, -0.05) is 12.1 Å². The molecule has 2 rings (SSSR count). The fraction of sp³-hybridized carbons (Fsp3) is 0.222. The van der Waals surface area contributed by atoms with Crippen molar-refractivity contribution in [3.05, 3.63) is 52.9 Å². The van der Waals surface area contributed by atoms with Crippen LogP contribution in [0.1, 0.15) is 11.1 Å². The second-order valence-electron chi connectivity index (χ2n) is 4.98. The summed E-state index contributed by atoms with van der Waals surface area (Å²) in [5.41, 5.74) is 8.04. The number of hydrogen-bond acceptors (Lipinski definition) is 5. The average molecular weight is 347 g/mol. The number of ether oxygens (including phenoxy) is 3. The molecule has 128 valence electrons. The van der Waals surface area contributed by atoms with Crippen LogP contribution < -0.4 is 19.9 Å². The second kappa shape index (κ2) is 8.40. The van der Waals surface area contributed by atoms with E-state index < -0.39 is 10.8 Å². The van der Waals surface area contributed by atoms with E-state index in [1.807, 2.05) is 24.3 Å². The Labute approximate surface area is 144 Å². The number of nitrogens with two attached hydrogens (primary N) is 1. The van der Waals surface area contributed by atoms with Crippen LogP contribution in [-0.2, 0) is 16.6 Å². The van der Waals surface area contributed by atoms with Gasteiger partial charge in [0.25, 0.3) is 0 Å². The maximum Gasteiger partial charge on any atom is 0.141 e. The normalized spacial score (nSPS) is 12.1. The quantitative estimate of drug-likeness (QED) is 0.779. The highest BCUT2D eigenvalue weighted by Gasteiger charge is 2.08. The Balaban J connectivity index is 2.15. The van der Waals surface area contributed by atoms with Crippen molar-refractivity contribution in [2.24, 2.45) is 0 Å². The Morgan fingerprint density at radius 2 is 1.62 bits per heavy atom. The lowest BCUT2D eigenvalue weighted by molar-refractivity contribution is 0.392. The molecular formula is C18H21NO4S. The van der Waals surface area contributed by atoms with Gasteiger partial charge in [-0.3, -0.25) is 4.21 Å². The summed E-state index contributed by atoms with van der Waals surface area (Å²) in [6, 6.07) is 10.9. The van der Waals surface area contributed by atoms with Gasteiger partial charge in [0.05, 0.1) is 49.1 Å². The zero-order chi connectivity index (χ0) is 17.5. The molecule has 1 unspecified atom stereocenters. The van der Waals surface area contributed by atoms with Crippen LogP contribution in [0, 0.1) is 0 Å². The first-order chi connectivity index (χ1) is 11.6.